The topological polar surface area (TPSA) is 26.5 Å². The molecule has 3 nitrogen and oxygen atoms in total. The minimum atomic E-state index is 0.537. The van der Waals surface area contributed by atoms with Gasteiger partial charge >= 0.3 is 0 Å². The second-order valence-electron chi connectivity index (χ2n) is 6.01. The molecule has 0 fully saturated rings. The van der Waals surface area contributed by atoms with E-state index >= 15 is 0 Å². The van der Waals surface area contributed by atoms with Crippen molar-refractivity contribution in [1.29, 1.82) is 0 Å². The van der Waals surface area contributed by atoms with Gasteiger partial charge in [0.15, 0.2) is 0 Å². The summed E-state index contributed by atoms with van der Waals surface area (Å²) in [5, 5.41) is 0. The average molecular weight is 318 g/mol. The van der Waals surface area contributed by atoms with E-state index in [9.17, 15) is 0 Å². The van der Waals surface area contributed by atoms with Crippen LogP contribution < -0.4 is 4.74 Å². The van der Waals surface area contributed by atoms with E-state index in [1.54, 1.807) is 7.11 Å². The quantitative estimate of drug-likeness (QED) is 0.582. The molecule has 0 spiro atoms. The van der Waals surface area contributed by atoms with Gasteiger partial charge in [-0.3, -0.25) is 4.99 Å². The van der Waals surface area contributed by atoms with Crippen molar-refractivity contribution in [2.75, 3.05) is 7.11 Å². The van der Waals surface area contributed by atoms with E-state index in [0.29, 0.717) is 5.92 Å². The van der Waals surface area contributed by atoms with Crippen molar-refractivity contribution in [3.05, 3.63) is 78.1 Å². The third-order valence-electron chi connectivity index (χ3n) is 4.04. The average Bonchev–Trinajstić information content (AvgIpc) is 3.09. The van der Waals surface area contributed by atoms with Crippen LogP contribution in [0.25, 0.3) is 5.69 Å². The highest BCUT2D eigenvalue weighted by Crippen LogP contribution is 2.20. The lowest BCUT2D eigenvalue weighted by Gasteiger charge is -2.07. The van der Waals surface area contributed by atoms with Gasteiger partial charge in [-0.2, -0.15) is 0 Å². The first kappa shape index (κ1) is 16.1. The van der Waals surface area contributed by atoms with Gasteiger partial charge in [-0.15, -0.1) is 0 Å². The van der Waals surface area contributed by atoms with Crippen LogP contribution in [0.2, 0.25) is 0 Å². The predicted octanol–water partition coefficient (Wildman–Crippen LogP) is 5.36. The molecule has 3 aromatic rings. The van der Waals surface area contributed by atoms with Gasteiger partial charge in [-0.1, -0.05) is 26.0 Å². The molecule has 0 amide bonds. The maximum Gasteiger partial charge on any atom is 0.119 e. The van der Waals surface area contributed by atoms with Crippen molar-refractivity contribution in [3.8, 4) is 11.4 Å². The Morgan fingerprint density at radius 1 is 0.958 bits per heavy atom. The first-order valence-electron chi connectivity index (χ1n) is 8.13. The zero-order chi connectivity index (χ0) is 16.9. The number of hydrogen-bond donors (Lipinski definition) is 0. The van der Waals surface area contributed by atoms with Crippen LogP contribution in [0.15, 0.2) is 71.9 Å². The second kappa shape index (κ2) is 7.18. The molecule has 1 aromatic heterocycles. The van der Waals surface area contributed by atoms with Gasteiger partial charge in [0.05, 0.1) is 24.7 Å². The first-order valence-corrected chi connectivity index (χ1v) is 8.13. The molecule has 24 heavy (non-hydrogen) atoms. The summed E-state index contributed by atoms with van der Waals surface area (Å²) < 4.78 is 7.32. The first-order chi connectivity index (χ1) is 11.7. The lowest BCUT2D eigenvalue weighted by atomic mass is 10.0. The van der Waals surface area contributed by atoms with E-state index < -0.39 is 0 Å². The lowest BCUT2D eigenvalue weighted by molar-refractivity contribution is 0.415. The second-order valence-corrected chi connectivity index (χ2v) is 6.01. The van der Waals surface area contributed by atoms with Crippen molar-refractivity contribution < 1.29 is 4.74 Å². The Labute approximate surface area is 143 Å². The minimum Gasteiger partial charge on any atom is -0.497 e. The fourth-order valence-electron chi connectivity index (χ4n) is 2.56. The number of aliphatic imine (C=N–C) groups is 1. The number of methoxy groups -OCH3 is 1. The molecule has 122 valence electrons. The maximum absolute atomic E-state index is 5.21. The van der Waals surface area contributed by atoms with Gasteiger partial charge in [0.25, 0.3) is 0 Å². The molecule has 0 aliphatic rings. The van der Waals surface area contributed by atoms with Crippen LogP contribution in [-0.4, -0.2) is 17.9 Å². The van der Waals surface area contributed by atoms with Gasteiger partial charge < -0.3 is 9.30 Å². The largest absolute Gasteiger partial charge is 0.497 e. The highest BCUT2D eigenvalue weighted by molar-refractivity contribution is 5.81. The Bertz CT molecular complexity index is 812. The molecule has 3 rings (SSSR count). The van der Waals surface area contributed by atoms with Crippen molar-refractivity contribution >= 4 is 11.9 Å². The lowest BCUT2D eigenvalue weighted by Crippen LogP contribution is -1.97. The van der Waals surface area contributed by atoms with E-state index in [4.69, 9.17) is 4.74 Å². The molecule has 0 atom stereocenters. The van der Waals surface area contributed by atoms with E-state index in [2.05, 4.69) is 53.7 Å². The summed E-state index contributed by atoms with van der Waals surface area (Å²) in [5.74, 6) is 1.39. The zero-order valence-electron chi connectivity index (χ0n) is 14.3. The van der Waals surface area contributed by atoms with Crippen molar-refractivity contribution in [3.63, 3.8) is 0 Å². The molecule has 0 saturated heterocycles. The monoisotopic (exact) mass is 318 g/mol. The summed E-state index contributed by atoms with van der Waals surface area (Å²) in [6, 6.07) is 20.5. The van der Waals surface area contributed by atoms with E-state index in [1.807, 2.05) is 42.7 Å². The maximum atomic E-state index is 5.21. The molecule has 0 radical (unpaired) electrons. The SMILES string of the molecule is COc1ccc(-n2cccc2C=Nc2ccc(C(C)C)cc2)cc1. The van der Waals surface area contributed by atoms with E-state index in [0.717, 1.165) is 22.8 Å². The number of benzene rings is 2. The fourth-order valence-corrected chi connectivity index (χ4v) is 2.56. The van der Waals surface area contributed by atoms with Crippen LogP contribution >= 0.6 is 0 Å². The van der Waals surface area contributed by atoms with Crippen LogP contribution in [0.4, 0.5) is 5.69 Å². The highest BCUT2D eigenvalue weighted by Gasteiger charge is 2.02. The van der Waals surface area contributed by atoms with Crippen LogP contribution in [0, 0.1) is 0 Å². The molecule has 0 N–H and O–H groups in total. The minimum absolute atomic E-state index is 0.537. The number of nitrogens with zero attached hydrogens (tertiary/aromatic N) is 2. The highest BCUT2D eigenvalue weighted by atomic mass is 16.5. The predicted molar refractivity (Wildman–Crippen MR) is 100 cm³/mol. The van der Waals surface area contributed by atoms with E-state index in [1.165, 1.54) is 5.56 Å². The number of aromatic nitrogens is 1. The third-order valence-corrected chi connectivity index (χ3v) is 4.04. The molecular formula is C21H22N2O. The summed E-state index contributed by atoms with van der Waals surface area (Å²) in [6.45, 7) is 4.39. The van der Waals surface area contributed by atoms with Crippen molar-refractivity contribution in [2.45, 2.75) is 19.8 Å². The molecule has 0 aliphatic carbocycles. The Kier molecular flexibility index (Phi) is 4.80. The number of hydrogen-bond acceptors (Lipinski definition) is 2. The third kappa shape index (κ3) is 3.57. The van der Waals surface area contributed by atoms with Gasteiger partial charge in [0.1, 0.15) is 5.75 Å². The molecule has 3 heteroatoms. The van der Waals surface area contributed by atoms with Crippen LogP contribution in [0.3, 0.4) is 0 Å². The number of rotatable bonds is 5. The van der Waals surface area contributed by atoms with Crippen LogP contribution in [0.1, 0.15) is 31.0 Å². The zero-order valence-corrected chi connectivity index (χ0v) is 14.3. The molecule has 0 unspecified atom stereocenters. The standard InChI is InChI=1S/C21H22N2O/c1-16(2)17-6-8-18(9-7-17)22-15-20-5-4-14-23(20)19-10-12-21(24-3)13-11-19/h4-16H,1-3H3. The molecular weight excluding hydrogens is 296 g/mol. The van der Waals surface area contributed by atoms with Crippen LogP contribution in [-0.2, 0) is 0 Å². The van der Waals surface area contributed by atoms with Gasteiger partial charge in [-0.05, 0) is 60.0 Å². The Morgan fingerprint density at radius 3 is 2.29 bits per heavy atom. The molecule has 1 heterocycles. The number of ether oxygens (including phenoxy) is 1. The van der Waals surface area contributed by atoms with Crippen LogP contribution in [0.5, 0.6) is 5.75 Å². The Balaban J connectivity index is 1.82. The summed E-state index contributed by atoms with van der Waals surface area (Å²) in [4.78, 5) is 4.60. The smallest absolute Gasteiger partial charge is 0.119 e. The summed E-state index contributed by atoms with van der Waals surface area (Å²) in [7, 11) is 1.67. The van der Waals surface area contributed by atoms with Gasteiger partial charge in [0, 0.05) is 11.9 Å². The van der Waals surface area contributed by atoms with E-state index in [-0.39, 0.29) is 0 Å². The molecule has 0 aliphatic heterocycles. The summed E-state index contributed by atoms with van der Waals surface area (Å²) in [6.07, 6.45) is 3.93. The fraction of sp³-hybridized carbons (Fsp3) is 0.190. The normalized spacial score (nSPS) is 11.3. The molecule has 0 saturated carbocycles. The molecule has 2 aromatic carbocycles. The Morgan fingerprint density at radius 2 is 1.67 bits per heavy atom. The van der Waals surface area contributed by atoms with Crippen molar-refractivity contribution in [2.24, 2.45) is 4.99 Å². The summed E-state index contributed by atoms with van der Waals surface area (Å²) >= 11 is 0. The van der Waals surface area contributed by atoms with Gasteiger partial charge in [-0.25, -0.2) is 0 Å². The Hall–Kier alpha value is -2.81. The van der Waals surface area contributed by atoms with Gasteiger partial charge in [0.2, 0.25) is 0 Å². The summed E-state index contributed by atoms with van der Waals surface area (Å²) in [5.41, 5.74) is 4.41. The van der Waals surface area contributed by atoms with Crippen molar-refractivity contribution in [1.82, 2.24) is 4.57 Å². The molecule has 0 bridgehead atoms.